The van der Waals surface area contributed by atoms with Gasteiger partial charge in [-0.3, -0.25) is 0 Å². The van der Waals surface area contributed by atoms with E-state index in [2.05, 4.69) is 15.9 Å². The van der Waals surface area contributed by atoms with Crippen LogP contribution in [0, 0.1) is 0 Å². The SMILES string of the molecule is COC(=O)c1cc2c(OCc3ccccc3)ccc(Br)c2n1C. The number of aryl methyl sites for hydroxylation is 1. The van der Waals surface area contributed by atoms with Crippen molar-refractivity contribution in [3.05, 3.63) is 64.3 Å². The van der Waals surface area contributed by atoms with Gasteiger partial charge in [-0.2, -0.15) is 0 Å². The molecule has 0 saturated carbocycles. The molecule has 5 heteroatoms. The highest BCUT2D eigenvalue weighted by Crippen LogP contribution is 2.34. The fourth-order valence-electron chi connectivity index (χ4n) is 2.56. The Kier molecular flexibility index (Phi) is 4.39. The Labute approximate surface area is 142 Å². The summed E-state index contributed by atoms with van der Waals surface area (Å²) in [6.07, 6.45) is 0. The zero-order valence-electron chi connectivity index (χ0n) is 12.9. The molecule has 1 heterocycles. The standard InChI is InChI=1S/C18H16BrNO3/c1-20-15(18(21)22-2)10-13-16(9-8-14(19)17(13)20)23-11-12-6-4-3-5-7-12/h3-10H,11H2,1-2H3. The van der Waals surface area contributed by atoms with Gasteiger partial charge in [-0.25, -0.2) is 4.79 Å². The largest absolute Gasteiger partial charge is 0.488 e. The molecule has 0 fully saturated rings. The van der Waals surface area contributed by atoms with Crippen molar-refractivity contribution in [1.29, 1.82) is 0 Å². The number of halogens is 1. The quantitative estimate of drug-likeness (QED) is 0.639. The number of methoxy groups -OCH3 is 1. The average molecular weight is 374 g/mol. The lowest BCUT2D eigenvalue weighted by Crippen LogP contribution is -2.07. The second kappa shape index (κ2) is 6.46. The van der Waals surface area contributed by atoms with Gasteiger partial charge in [0.25, 0.3) is 0 Å². The summed E-state index contributed by atoms with van der Waals surface area (Å²) in [5.41, 5.74) is 2.47. The molecule has 3 rings (SSSR count). The number of fused-ring (bicyclic) bond motifs is 1. The number of aromatic nitrogens is 1. The first-order valence-electron chi connectivity index (χ1n) is 7.14. The molecule has 0 aliphatic heterocycles. The van der Waals surface area contributed by atoms with E-state index in [-0.39, 0.29) is 5.97 Å². The van der Waals surface area contributed by atoms with Crippen molar-refractivity contribution in [1.82, 2.24) is 4.57 Å². The summed E-state index contributed by atoms with van der Waals surface area (Å²) in [7, 11) is 3.21. The zero-order valence-corrected chi connectivity index (χ0v) is 14.5. The average Bonchev–Trinajstić information content (AvgIpc) is 2.93. The van der Waals surface area contributed by atoms with Gasteiger partial charge < -0.3 is 14.0 Å². The maximum absolute atomic E-state index is 11.9. The predicted octanol–water partition coefficient (Wildman–Crippen LogP) is 4.31. The number of esters is 1. The van der Waals surface area contributed by atoms with Gasteiger partial charge >= 0.3 is 5.97 Å². The molecule has 0 aliphatic carbocycles. The van der Waals surface area contributed by atoms with Crippen molar-refractivity contribution in [3.63, 3.8) is 0 Å². The topological polar surface area (TPSA) is 40.5 Å². The number of carbonyl (C=O) groups is 1. The van der Waals surface area contributed by atoms with Crippen LogP contribution in [0.5, 0.6) is 5.75 Å². The Morgan fingerprint density at radius 3 is 2.61 bits per heavy atom. The zero-order chi connectivity index (χ0) is 16.4. The van der Waals surface area contributed by atoms with Gasteiger partial charge in [-0.05, 0) is 39.7 Å². The van der Waals surface area contributed by atoms with Crippen LogP contribution in [0.15, 0.2) is 53.0 Å². The van der Waals surface area contributed by atoms with Crippen LogP contribution < -0.4 is 4.74 Å². The van der Waals surface area contributed by atoms with E-state index in [0.717, 1.165) is 26.7 Å². The first-order valence-corrected chi connectivity index (χ1v) is 7.94. The summed E-state index contributed by atoms with van der Waals surface area (Å²) in [6.45, 7) is 0.472. The van der Waals surface area contributed by atoms with E-state index >= 15 is 0 Å². The van der Waals surface area contributed by atoms with Crippen LogP contribution in [-0.4, -0.2) is 17.6 Å². The third kappa shape index (κ3) is 2.97. The van der Waals surface area contributed by atoms with Crippen LogP contribution >= 0.6 is 15.9 Å². The van der Waals surface area contributed by atoms with Crippen LogP contribution in [0.3, 0.4) is 0 Å². The van der Waals surface area contributed by atoms with Crippen molar-refractivity contribution in [2.45, 2.75) is 6.61 Å². The predicted molar refractivity (Wildman–Crippen MR) is 92.7 cm³/mol. The minimum atomic E-state index is -0.371. The number of hydrogen-bond acceptors (Lipinski definition) is 3. The van der Waals surface area contributed by atoms with E-state index < -0.39 is 0 Å². The Morgan fingerprint density at radius 2 is 1.91 bits per heavy atom. The summed E-state index contributed by atoms with van der Waals surface area (Å²) in [5.74, 6) is 0.363. The first-order chi connectivity index (χ1) is 11.1. The molecule has 118 valence electrons. The Hall–Kier alpha value is -2.27. The number of hydrogen-bond donors (Lipinski definition) is 0. The van der Waals surface area contributed by atoms with Crippen LogP contribution in [0.4, 0.5) is 0 Å². The number of carbonyl (C=O) groups excluding carboxylic acids is 1. The lowest BCUT2D eigenvalue weighted by atomic mass is 10.2. The molecule has 0 aliphatic rings. The summed E-state index contributed by atoms with van der Waals surface area (Å²) in [6, 6.07) is 15.6. The summed E-state index contributed by atoms with van der Waals surface area (Å²) in [5, 5.41) is 0.873. The number of ether oxygens (including phenoxy) is 2. The van der Waals surface area contributed by atoms with E-state index in [4.69, 9.17) is 9.47 Å². The minimum Gasteiger partial charge on any atom is -0.488 e. The van der Waals surface area contributed by atoms with Gasteiger partial charge in [0.05, 0.1) is 12.6 Å². The molecule has 2 aromatic carbocycles. The fraction of sp³-hybridized carbons (Fsp3) is 0.167. The third-order valence-corrected chi connectivity index (χ3v) is 4.38. The summed E-state index contributed by atoms with van der Waals surface area (Å²) >= 11 is 3.53. The molecule has 0 atom stereocenters. The lowest BCUT2D eigenvalue weighted by molar-refractivity contribution is 0.0590. The molecular formula is C18H16BrNO3. The van der Waals surface area contributed by atoms with Gasteiger partial charge in [0.15, 0.2) is 0 Å². The summed E-state index contributed by atoms with van der Waals surface area (Å²) in [4.78, 5) is 11.9. The van der Waals surface area contributed by atoms with Gasteiger partial charge in [0, 0.05) is 16.9 Å². The van der Waals surface area contributed by atoms with Gasteiger partial charge in [-0.1, -0.05) is 30.3 Å². The molecule has 0 radical (unpaired) electrons. The van der Waals surface area contributed by atoms with Crippen LogP contribution in [0.2, 0.25) is 0 Å². The van der Waals surface area contributed by atoms with E-state index in [1.54, 1.807) is 10.6 Å². The molecule has 0 saturated heterocycles. The van der Waals surface area contributed by atoms with Crippen molar-refractivity contribution >= 4 is 32.8 Å². The molecule has 0 spiro atoms. The van der Waals surface area contributed by atoms with Gasteiger partial charge in [0.1, 0.15) is 18.1 Å². The van der Waals surface area contributed by atoms with E-state index in [9.17, 15) is 4.79 Å². The minimum absolute atomic E-state index is 0.371. The highest BCUT2D eigenvalue weighted by molar-refractivity contribution is 9.10. The smallest absolute Gasteiger partial charge is 0.354 e. The summed E-state index contributed by atoms with van der Waals surface area (Å²) < 4.78 is 13.5. The monoisotopic (exact) mass is 373 g/mol. The van der Waals surface area contributed by atoms with Crippen molar-refractivity contribution in [3.8, 4) is 5.75 Å². The van der Waals surface area contributed by atoms with Crippen LogP contribution in [-0.2, 0) is 18.4 Å². The number of nitrogens with zero attached hydrogens (tertiary/aromatic N) is 1. The highest BCUT2D eigenvalue weighted by Gasteiger charge is 2.18. The van der Waals surface area contributed by atoms with E-state index in [1.165, 1.54) is 7.11 Å². The first kappa shape index (κ1) is 15.6. The molecular weight excluding hydrogens is 358 g/mol. The normalized spacial score (nSPS) is 10.7. The molecule has 0 unspecified atom stereocenters. The fourth-order valence-corrected chi connectivity index (χ4v) is 3.17. The Bertz CT molecular complexity index is 856. The van der Waals surface area contributed by atoms with E-state index in [0.29, 0.717) is 12.3 Å². The maximum atomic E-state index is 11.9. The molecule has 0 N–H and O–H groups in total. The van der Waals surface area contributed by atoms with Crippen LogP contribution in [0.25, 0.3) is 10.9 Å². The van der Waals surface area contributed by atoms with Gasteiger partial charge in [-0.15, -0.1) is 0 Å². The molecule has 0 bridgehead atoms. The molecule has 3 aromatic rings. The molecule has 0 amide bonds. The third-order valence-electron chi connectivity index (χ3n) is 3.74. The molecule has 1 aromatic heterocycles. The van der Waals surface area contributed by atoms with Crippen molar-refractivity contribution in [2.75, 3.05) is 7.11 Å². The Morgan fingerprint density at radius 1 is 1.17 bits per heavy atom. The lowest BCUT2D eigenvalue weighted by Gasteiger charge is -2.09. The number of benzene rings is 2. The highest BCUT2D eigenvalue weighted by atomic mass is 79.9. The molecule has 23 heavy (non-hydrogen) atoms. The second-order valence-electron chi connectivity index (χ2n) is 5.16. The van der Waals surface area contributed by atoms with Crippen LogP contribution in [0.1, 0.15) is 16.1 Å². The molecule has 4 nitrogen and oxygen atoms in total. The van der Waals surface area contributed by atoms with E-state index in [1.807, 2.05) is 49.5 Å². The van der Waals surface area contributed by atoms with Crippen molar-refractivity contribution in [2.24, 2.45) is 7.05 Å². The Balaban J connectivity index is 2.01. The van der Waals surface area contributed by atoms with Gasteiger partial charge in [0.2, 0.25) is 0 Å². The second-order valence-corrected chi connectivity index (χ2v) is 6.02. The van der Waals surface area contributed by atoms with Crippen molar-refractivity contribution < 1.29 is 14.3 Å². The maximum Gasteiger partial charge on any atom is 0.354 e. The number of rotatable bonds is 4.